The van der Waals surface area contributed by atoms with E-state index in [4.69, 9.17) is 4.74 Å². The summed E-state index contributed by atoms with van der Waals surface area (Å²) in [6.45, 7) is 1.77. The quantitative estimate of drug-likeness (QED) is 0.469. The zero-order valence-electron chi connectivity index (χ0n) is 15.9. The van der Waals surface area contributed by atoms with Crippen LogP contribution in [0.25, 0.3) is 0 Å². The van der Waals surface area contributed by atoms with Gasteiger partial charge in [-0.1, -0.05) is 58.4 Å². The number of sulfonamides is 1. The number of ether oxygens (including phenoxy) is 1. The van der Waals surface area contributed by atoms with Gasteiger partial charge in [-0.05, 0) is 30.7 Å². The lowest BCUT2D eigenvalue weighted by Crippen LogP contribution is -2.44. The molecule has 0 saturated carbocycles. The lowest BCUT2D eigenvalue weighted by atomic mass is 9.99. The summed E-state index contributed by atoms with van der Waals surface area (Å²) in [5, 5.41) is 0. The predicted octanol–water partition coefficient (Wildman–Crippen LogP) is 3.51. The molecule has 2 aromatic rings. The zero-order chi connectivity index (χ0) is 21.2. The van der Waals surface area contributed by atoms with E-state index in [9.17, 15) is 18.0 Å². The van der Waals surface area contributed by atoms with E-state index in [0.717, 1.165) is 15.0 Å². The molecule has 1 heterocycles. The molecule has 0 bridgehead atoms. The van der Waals surface area contributed by atoms with Crippen LogP contribution in [0.5, 0.6) is 0 Å². The molecule has 0 aromatic heterocycles. The number of Topliss-reactive ketones (excluding diaryl/α,β-unsaturated/α-hetero) is 1. The maximum Gasteiger partial charge on any atom is 0.335 e. The molecule has 0 saturated heterocycles. The highest BCUT2D eigenvalue weighted by Gasteiger charge is 2.47. The third-order valence-electron chi connectivity index (χ3n) is 4.57. The van der Waals surface area contributed by atoms with Crippen molar-refractivity contribution in [2.24, 2.45) is 0 Å². The molecule has 0 fully saturated rings. The molecule has 0 spiro atoms. The minimum atomic E-state index is -3.85. The maximum atomic E-state index is 13.3. The third kappa shape index (κ3) is 4.49. The van der Waals surface area contributed by atoms with E-state index in [2.05, 4.69) is 15.9 Å². The minimum absolute atomic E-state index is 0.0269. The number of benzene rings is 2. The lowest BCUT2D eigenvalue weighted by molar-refractivity contribution is -0.138. The smallest absolute Gasteiger partial charge is 0.335 e. The Balaban J connectivity index is 2.16. The molecular weight excluding hydrogens is 458 g/mol. The summed E-state index contributed by atoms with van der Waals surface area (Å²) in [7, 11) is -3.85. The highest BCUT2D eigenvalue weighted by atomic mass is 79.9. The first-order valence-corrected chi connectivity index (χ1v) is 11.6. The Morgan fingerprint density at radius 3 is 2.24 bits per heavy atom. The third-order valence-corrected chi connectivity index (χ3v) is 6.31. The molecule has 2 atom stereocenters. The first-order chi connectivity index (χ1) is 13.7. The number of carbonyl (C=O) groups excluding carboxylic acids is 2. The van der Waals surface area contributed by atoms with E-state index >= 15 is 0 Å². The van der Waals surface area contributed by atoms with Crippen LogP contribution in [0.4, 0.5) is 0 Å². The molecule has 1 aliphatic rings. The van der Waals surface area contributed by atoms with Crippen LogP contribution in [0.1, 0.15) is 28.9 Å². The molecule has 2 aromatic carbocycles. The number of halogens is 1. The van der Waals surface area contributed by atoms with Crippen molar-refractivity contribution < 1.29 is 22.7 Å². The number of carbonyl (C=O) groups is 2. The average molecular weight is 478 g/mol. The van der Waals surface area contributed by atoms with E-state index in [1.807, 2.05) is 0 Å². The standard InChI is InChI=1S/C21H20BrNO5S/c1-3-28-21(25)17-13-18(14-9-11-16(22)12-10-14)23(29(2,26)27)19(17)20(24)15-7-5-4-6-8-15/h4-13,18-19H,3H2,1-2H3. The predicted molar refractivity (Wildman–Crippen MR) is 113 cm³/mol. The summed E-state index contributed by atoms with van der Waals surface area (Å²) >= 11 is 3.35. The van der Waals surface area contributed by atoms with Crippen LogP contribution in [0, 0.1) is 0 Å². The van der Waals surface area contributed by atoms with Crippen LogP contribution < -0.4 is 0 Å². The van der Waals surface area contributed by atoms with Crippen LogP contribution >= 0.6 is 15.9 Å². The van der Waals surface area contributed by atoms with Crippen LogP contribution in [0.2, 0.25) is 0 Å². The normalized spacial score (nSPS) is 19.6. The monoisotopic (exact) mass is 477 g/mol. The van der Waals surface area contributed by atoms with Gasteiger partial charge in [0.05, 0.1) is 24.5 Å². The summed E-state index contributed by atoms with van der Waals surface area (Å²) in [5.74, 6) is -1.18. The number of esters is 1. The molecule has 152 valence electrons. The molecule has 1 aliphatic heterocycles. The Morgan fingerprint density at radius 2 is 1.69 bits per heavy atom. The molecule has 0 amide bonds. The van der Waals surface area contributed by atoms with Crippen LogP contribution in [-0.2, 0) is 19.6 Å². The van der Waals surface area contributed by atoms with Crippen LogP contribution in [-0.4, -0.2) is 43.4 Å². The molecular formula is C21H20BrNO5S. The first-order valence-electron chi connectivity index (χ1n) is 8.96. The topological polar surface area (TPSA) is 80.8 Å². The summed E-state index contributed by atoms with van der Waals surface area (Å²) < 4.78 is 32.5. The van der Waals surface area contributed by atoms with Crippen molar-refractivity contribution in [1.82, 2.24) is 4.31 Å². The molecule has 0 N–H and O–H groups in total. The average Bonchev–Trinajstić information content (AvgIpc) is 3.10. The SMILES string of the molecule is CCOC(=O)C1=CC(c2ccc(Br)cc2)N(S(C)(=O)=O)C1C(=O)c1ccccc1. The minimum Gasteiger partial charge on any atom is -0.463 e. The number of hydrogen-bond acceptors (Lipinski definition) is 5. The molecule has 29 heavy (non-hydrogen) atoms. The van der Waals surface area contributed by atoms with Crippen molar-refractivity contribution in [2.45, 2.75) is 19.0 Å². The van der Waals surface area contributed by atoms with Gasteiger partial charge in [-0.2, -0.15) is 4.31 Å². The Bertz CT molecular complexity index is 1050. The fraction of sp³-hybridized carbons (Fsp3) is 0.238. The van der Waals surface area contributed by atoms with Gasteiger partial charge in [0.2, 0.25) is 10.0 Å². The number of ketones is 1. The van der Waals surface area contributed by atoms with Gasteiger partial charge < -0.3 is 4.74 Å². The largest absolute Gasteiger partial charge is 0.463 e. The van der Waals surface area contributed by atoms with E-state index in [1.165, 1.54) is 6.08 Å². The van der Waals surface area contributed by atoms with Gasteiger partial charge in [-0.25, -0.2) is 13.2 Å². The van der Waals surface area contributed by atoms with Gasteiger partial charge in [0.15, 0.2) is 5.78 Å². The highest BCUT2D eigenvalue weighted by molar-refractivity contribution is 9.10. The van der Waals surface area contributed by atoms with Gasteiger partial charge in [0.1, 0.15) is 6.04 Å². The van der Waals surface area contributed by atoms with Gasteiger partial charge in [-0.3, -0.25) is 4.79 Å². The van der Waals surface area contributed by atoms with Gasteiger partial charge in [0, 0.05) is 10.0 Å². The fourth-order valence-corrected chi connectivity index (χ4v) is 4.80. The van der Waals surface area contributed by atoms with E-state index < -0.39 is 33.9 Å². The Labute approximate surface area is 178 Å². The van der Waals surface area contributed by atoms with Crippen molar-refractivity contribution in [3.8, 4) is 0 Å². The summed E-state index contributed by atoms with van der Waals surface area (Å²) in [4.78, 5) is 25.9. The first kappa shape index (κ1) is 21.4. The molecule has 8 heteroatoms. The molecule has 0 radical (unpaired) electrons. The molecule has 3 rings (SSSR count). The van der Waals surface area contributed by atoms with Crippen molar-refractivity contribution in [3.63, 3.8) is 0 Å². The molecule has 6 nitrogen and oxygen atoms in total. The second-order valence-corrected chi connectivity index (χ2v) is 9.37. The second-order valence-electron chi connectivity index (χ2n) is 6.56. The molecule has 2 unspecified atom stereocenters. The van der Waals surface area contributed by atoms with Gasteiger partial charge in [0.25, 0.3) is 0 Å². The Hall–Kier alpha value is -2.29. The number of nitrogens with zero attached hydrogens (tertiary/aromatic N) is 1. The van der Waals surface area contributed by atoms with Crippen molar-refractivity contribution in [1.29, 1.82) is 0 Å². The summed E-state index contributed by atoms with van der Waals surface area (Å²) in [6, 6.07) is 13.3. The van der Waals surface area contributed by atoms with Crippen molar-refractivity contribution >= 4 is 37.7 Å². The fourth-order valence-electron chi connectivity index (χ4n) is 3.34. The maximum absolute atomic E-state index is 13.3. The second kappa shape index (κ2) is 8.61. The van der Waals surface area contributed by atoms with Gasteiger partial charge >= 0.3 is 5.97 Å². The Kier molecular flexibility index (Phi) is 6.36. The van der Waals surface area contributed by atoms with Crippen molar-refractivity contribution in [2.75, 3.05) is 12.9 Å². The van der Waals surface area contributed by atoms with Crippen LogP contribution in [0.15, 0.2) is 70.7 Å². The molecule has 0 aliphatic carbocycles. The number of rotatable bonds is 6. The van der Waals surface area contributed by atoms with Crippen molar-refractivity contribution in [3.05, 3.63) is 81.8 Å². The lowest BCUT2D eigenvalue weighted by Gasteiger charge is -2.28. The van der Waals surface area contributed by atoms with E-state index in [1.54, 1.807) is 61.5 Å². The van der Waals surface area contributed by atoms with E-state index in [0.29, 0.717) is 11.1 Å². The Morgan fingerprint density at radius 1 is 1.07 bits per heavy atom. The highest BCUT2D eigenvalue weighted by Crippen LogP contribution is 2.39. The number of hydrogen-bond donors (Lipinski definition) is 0. The van der Waals surface area contributed by atoms with E-state index in [-0.39, 0.29) is 12.2 Å². The van der Waals surface area contributed by atoms with Crippen LogP contribution in [0.3, 0.4) is 0 Å². The van der Waals surface area contributed by atoms with Gasteiger partial charge in [-0.15, -0.1) is 0 Å². The zero-order valence-corrected chi connectivity index (χ0v) is 18.3. The summed E-state index contributed by atoms with van der Waals surface area (Å²) in [6.07, 6.45) is 2.54. The summed E-state index contributed by atoms with van der Waals surface area (Å²) in [5.41, 5.74) is 0.987.